The van der Waals surface area contributed by atoms with Gasteiger partial charge < -0.3 is 0 Å². The molecular formula is C15H16ClN3. The molecule has 3 rings (SSSR count). The Balaban J connectivity index is 1.79. The lowest BCUT2D eigenvalue weighted by Crippen LogP contribution is -2.31. The first-order chi connectivity index (χ1) is 9.22. The van der Waals surface area contributed by atoms with Gasteiger partial charge in [0.05, 0.1) is 5.69 Å². The van der Waals surface area contributed by atoms with E-state index in [1.165, 1.54) is 5.56 Å². The SMILES string of the molecule is Cc1nc(Cl)c2c(n1)CCN(Cc1ccccc1)C2. The molecule has 4 heteroatoms. The number of nitrogens with zero attached hydrogens (tertiary/aromatic N) is 3. The lowest BCUT2D eigenvalue weighted by Gasteiger charge is -2.28. The Labute approximate surface area is 118 Å². The molecule has 2 heterocycles. The van der Waals surface area contributed by atoms with Crippen LogP contribution in [0, 0.1) is 6.92 Å². The predicted molar refractivity (Wildman–Crippen MR) is 76.0 cm³/mol. The Morgan fingerprint density at radius 2 is 2.00 bits per heavy atom. The summed E-state index contributed by atoms with van der Waals surface area (Å²) in [6, 6.07) is 10.5. The van der Waals surface area contributed by atoms with Crippen molar-refractivity contribution in [3.05, 3.63) is 58.1 Å². The molecule has 0 saturated heterocycles. The molecule has 0 radical (unpaired) electrons. The van der Waals surface area contributed by atoms with Crippen LogP contribution in [0.15, 0.2) is 30.3 Å². The minimum absolute atomic E-state index is 0.611. The van der Waals surface area contributed by atoms with Gasteiger partial charge in [0, 0.05) is 31.6 Å². The molecule has 1 aliphatic rings. The van der Waals surface area contributed by atoms with Crippen LogP contribution >= 0.6 is 11.6 Å². The summed E-state index contributed by atoms with van der Waals surface area (Å²) < 4.78 is 0. The van der Waals surface area contributed by atoms with Crippen LogP contribution in [0.5, 0.6) is 0 Å². The third kappa shape index (κ3) is 2.77. The van der Waals surface area contributed by atoms with Crippen LogP contribution in [-0.4, -0.2) is 21.4 Å². The topological polar surface area (TPSA) is 29.0 Å². The van der Waals surface area contributed by atoms with E-state index in [0.29, 0.717) is 5.15 Å². The standard InChI is InChI=1S/C15H16ClN3/c1-11-17-14-7-8-19(10-13(14)15(16)18-11)9-12-5-3-2-4-6-12/h2-6H,7-10H2,1H3. The summed E-state index contributed by atoms with van der Waals surface area (Å²) in [4.78, 5) is 11.1. The van der Waals surface area contributed by atoms with Crippen molar-refractivity contribution in [2.75, 3.05) is 6.54 Å². The van der Waals surface area contributed by atoms with E-state index in [2.05, 4.69) is 39.1 Å². The quantitative estimate of drug-likeness (QED) is 0.788. The Hall–Kier alpha value is -1.45. The fraction of sp³-hybridized carbons (Fsp3) is 0.333. The van der Waals surface area contributed by atoms with Crippen molar-refractivity contribution in [2.45, 2.75) is 26.4 Å². The van der Waals surface area contributed by atoms with Crippen molar-refractivity contribution >= 4 is 11.6 Å². The van der Waals surface area contributed by atoms with Gasteiger partial charge in [-0.25, -0.2) is 9.97 Å². The number of rotatable bonds is 2. The molecule has 19 heavy (non-hydrogen) atoms. The number of halogens is 1. The third-order valence-corrected chi connectivity index (χ3v) is 3.76. The lowest BCUT2D eigenvalue weighted by molar-refractivity contribution is 0.242. The Morgan fingerprint density at radius 3 is 2.79 bits per heavy atom. The van der Waals surface area contributed by atoms with Gasteiger partial charge >= 0.3 is 0 Å². The molecule has 0 unspecified atom stereocenters. The van der Waals surface area contributed by atoms with Crippen molar-refractivity contribution < 1.29 is 0 Å². The van der Waals surface area contributed by atoms with E-state index >= 15 is 0 Å². The fourth-order valence-electron chi connectivity index (χ4n) is 2.52. The van der Waals surface area contributed by atoms with Crippen LogP contribution in [0.2, 0.25) is 5.15 Å². The van der Waals surface area contributed by atoms with Gasteiger partial charge in [-0.05, 0) is 12.5 Å². The number of aromatic nitrogens is 2. The zero-order valence-corrected chi connectivity index (χ0v) is 11.7. The van der Waals surface area contributed by atoms with E-state index in [4.69, 9.17) is 11.6 Å². The van der Waals surface area contributed by atoms with Gasteiger partial charge in [-0.1, -0.05) is 41.9 Å². The zero-order chi connectivity index (χ0) is 13.2. The summed E-state index contributed by atoms with van der Waals surface area (Å²) in [7, 11) is 0. The fourth-order valence-corrected chi connectivity index (χ4v) is 2.81. The monoisotopic (exact) mass is 273 g/mol. The average Bonchev–Trinajstić information content (AvgIpc) is 2.40. The first-order valence-corrected chi connectivity index (χ1v) is 6.88. The number of aryl methyl sites for hydroxylation is 1. The Morgan fingerprint density at radius 1 is 1.21 bits per heavy atom. The maximum Gasteiger partial charge on any atom is 0.137 e. The Bertz CT molecular complexity index is 583. The minimum Gasteiger partial charge on any atom is -0.294 e. The van der Waals surface area contributed by atoms with E-state index in [9.17, 15) is 0 Å². The second kappa shape index (κ2) is 5.27. The highest BCUT2D eigenvalue weighted by Gasteiger charge is 2.21. The normalized spacial score (nSPS) is 15.3. The lowest BCUT2D eigenvalue weighted by atomic mass is 10.1. The Kier molecular flexibility index (Phi) is 3.49. The van der Waals surface area contributed by atoms with Gasteiger partial charge in [0.2, 0.25) is 0 Å². The molecule has 0 atom stereocenters. The van der Waals surface area contributed by atoms with Crippen molar-refractivity contribution in [3.8, 4) is 0 Å². The molecule has 98 valence electrons. The molecule has 3 nitrogen and oxygen atoms in total. The summed E-state index contributed by atoms with van der Waals surface area (Å²) in [5, 5.41) is 0.611. The molecule has 0 amide bonds. The highest BCUT2D eigenvalue weighted by atomic mass is 35.5. The molecule has 0 N–H and O–H groups in total. The molecule has 0 spiro atoms. The van der Waals surface area contributed by atoms with E-state index in [1.807, 2.05) is 13.0 Å². The van der Waals surface area contributed by atoms with Gasteiger partial charge in [-0.15, -0.1) is 0 Å². The highest BCUT2D eigenvalue weighted by Crippen LogP contribution is 2.24. The van der Waals surface area contributed by atoms with E-state index in [-0.39, 0.29) is 0 Å². The number of fused-ring (bicyclic) bond motifs is 1. The number of benzene rings is 1. The summed E-state index contributed by atoms with van der Waals surface area (Å²) in [5.41, 5.74) is 3.53. The molecule has 2 aromatic rings. The van der Waals surface area contributed by atoms with Crippen molar-refractivity contribution in [1.82, 2.24) is 14.9 Å². The molecule has 1 aliphatic heterocycles. The summed E-state index contributed by atoms with van der Waals surface area (Å²) in [6.45, 7) is 4.70. The first kappa shape index (κ1) is 12.6. The highest BCUT2D eigenvalue weighted by molar-refractivity contribution is 6.30. The second-order valence-corrected chi connectivity index (χ2v) is 5.29. The summed E-state index contributed by atoms with van der Waals surface area (Å²) >= 11 is 6.24. The summed E-state index contributed by atoms with van der Waals surface area (Å²) in [6.07, 6.45) is 0.950. The third-order valence-electron chi connectivity index (χ3n) is 3.45. The van der Waals surface area contributed by atoms with E-state index in [1.54, 1.807) is 0 Å². The predicted octanol–water partition coefficient (Wildman–Crippen LogP) is 3.00. The molecule has 0 aliphatic carbocycles. The van der Waals surface area contributed by atoms with Gasteiger partial charge in [0.25, 0.3) is 0 Å². The number of hydrogen-bond acceptors (Lipinski definition) is 3. The average molecular weight is 274 g/mol. The maximum atomic E-state index is 6.24. The molecular weight excluding hydrogens is 258 g/mol. The first-order valence-electron chi connectivity index (χ1n) is 6.50. The molecule has 1 aromatic heterocycles. The van der Waals surface area contributed by atoms with Crippen LogP contribution in [0.25, 0.3) is 0 Å². The van der Waals surface area contributed by atoms with Gasteiger partial charge in [0.1, 0.15) is 11.0 Å². The van der Waals surface area contributed by atoms with E-state index in [0.717, 1.165) is 43.1 Å². The van der Waals surface area contributed by atoms with Gasteiger partial charge in [0.15, 0.2) is 0 Å². The van der Waals surface area contributed by atoms with Crippen molar-refractivity contribution in [2.24, 2.45) is 0 Å². The zero-order valence-electron chi connectivity index (χ0n) is 10.9. The smallest absolute Gasteiger partial charge is 0.137 e. The second-order valence-electron chi connectivity index (χ2n) is 4.93. The maximum absolute atomic E-state index is 6.24. The van der Waals surface area contributed by atoms with Crippen LogP contribution in [0.4, 0.5) is 0 Å². The van der Waals surface area contributed by atoms with Crippen molar-refractivity contribution in [1.29, 1.82) is 0 Å². The molecule has 0 bridgehead atoms. The molecule has 1 aromatic carbocycles. The van der Waals surface area contributed by atoms with Crippen LogP contribution in [0.3, 0.4) is 0 Å². The van der Waals surface area contributed by atoms with Crippen LogP contribution in [0.1, 0.15) is 22.6 Å². The van der Waals surface area contributed by atoms with E-state index < -0.39 is 0 Å². The van der Waals surface area contributed by atoms with Crippen LogP contribution in [-0.2, 0) is 19.5 Å². The van der Waals surface area contributed by atoms with Crippen molar-refractivity contribution in [3.63, 3.8) is 0 Å². The summed E-state index contributed by atoms with van der Waals surface area (Å²) in [5.74, 6) is 0.764. The minimum atomic E-state index is 0.611. The molecule has 0 fully saturated rings. The largest absolute Gasteiger partial charge is 0.294 e. The van der Waals surface area contributed by atoms with Crippen LogP contribution < -0.4 is 0 Å². The molecule has 0 saturated carbocycles. The van der Waals surface area contributed by atoms with Gasteiger partial charge in [-0.2, -0.15) is 0 Å². The van der Waals surface area contributed by atoms with Gasteiger partial charge in [-0.3, -0.25) is 4.90 Å². The number of hydrogen-bond donors (Lipinski definition) is 0.